The van der Waals surface area contributed by atoms with Crippen molar-refractivity contribution in [3.05, 3.63) is 97.0 Å². The molecule has 3 heterocycles. The van der Waals surface area contributed by atoms with Crippen LogP contribution in [0.2, 0.25) is 13.1 Å². The number of aromatic nitrogens is 2. The average molecular weight is 681 g/mol. The summed E-state index contributed by atoms with van der Waals surface area (Å²) in [7, 11) is -1.71. The van der Waals surface area contributed by atoms with Gasteiger partial charge in [-0.2, -0.15) is 0 Å². The number of carbonyl (C=O) groups is 1. The van der Waals surface area contributed by atoms with E-state index in [0.717, 1.165) is 5.69 Å². The van der Waals surface area contributed by atoms with Gasteiger partial charge in [-0.05, 0) is 12.1 Å². The van der Waals surface area contributed by atoms with Crippen LogP contribution in [0, 0.1) is 6.07 Å². The second-order valence-corrected chi connectivity index (χ2v) is 14.1. The predicted octanol–water partition coefficient (Wildman–Crippen LogP) is 2.12. The molecule has 1 N–H and O–H groups in total. The van der Waals surface area contributed by atoms with Crippen LogP contribution in [-0.2, 0) is 20.1 Å². The summed E-state index contributed by atoms with van der Waals surface area (Å²) < 4.78 is 3.07. The molecular weight excluding hydrogens is 660 g/mol. The van der Waals surface area contributed by atoms with Crippen LogP contribution in [0.25, 0.3) is 11.3 Å². The summed E-state index contributed by atoms with van der Waals surface area (Å²) in [5.74, 6) is -0.990. The minimum atomic E-state index is -1.71. The van der Waals surface area contributed by atoms with Crippen molar-refractivity contribution in [1.82, 2.24) is 9.97 Å². The first-order chi connectivity index (χ1) is 15.0. The van der Waals surface area contributed by atoms with Crippen molar-refractivity contribution in [2.45, 2.75) is 13.1 Å². The number of rotatable bonds is 2. The van der Waals surface area contributed by atoms with E-state index in [2.05, 4.69) is 77.7 Å². The van der Waals surface area contributed by atoms with E-state index in [0.29, 0.717) is 15.0 Å². The molecule has 0 saturated heterocycles. The summed E-state index contributed by atoms with van der Waals surface area (Å²) in [6.45, 7) is 4.92. The van der Waals surface area contributed by atoms with Crippen molar-refractivity contribution in [3.63, 3.8) is 0 Å². The summed E-state index contributed by atoms with van der Waals surface area (Å²) >= 11 is 0.382. The minimum Gasteiger partial charge on any atom is -0.477 e. The molecule has 4 nitrogen and oxygen atoms in total. The first kappa shape index (κ1) is 24.2. The molecular formula is C25H21IrN2O2SeSi-. The van der Waals surface area contributed by atoms with E-state index in [1.54, 1.807) is 21.8 Å². The van der Waals surface area contributed by atoms with Gasteiger partial charge in [0.05, 0.1) is 0 Å². The maximum atomic E-state index is 10.1. The van der Waals surface area contributed by atoms with Gasteiger partial charge in [0.1, 0.15) is 5.69 Å². The number of carboxylic acids is 1. The molecule has 0 aliphatic carbocycles. The Balaban J connectivity index is 0.000000246. The van der Waals surface area contributed by atoms with Crippen LogP contribution < -0.4 is 19.3 Å². The van der Waals surface area contributed by atoms with Crippen LogP contribution in [0.1, 0.15) is 10.5 Å². The van der Waals surface area contributed by atoms with Gasteiger partial charge in [0.25, 0.3) is 0 Å². The number of benzene rings is 2. The Kier molecular flexibility index (Phi) is 7.94. The number of hydrogen-bond acceptors (Lipinski definition) is 3. The Morgan fingerprint density at radius 2 is 1.59 bits per heavy atom. The summed E-state index contributed by atoms with van der Waals surface area (Å²) in [5.41, 5.74) is 2.35. The van der Waals surface area contributed by atoms with Crippen molar-refractivity contribution < 1.29 is 30.0 Å². The maximum Gasteiger partial charge on any atom is 0.354 e. The van der Waals surface area contributed by atoms with Crippen LogP contribution in [0.15, 0.2) is 85.2 Å². The second-order valence-electron chi connectivity index (χ2n) is 7.55. The minimum absolute atomic E-state index is 0. The first-order valence-corrected chi connectivity index (χ1v) is 14.6. The third kappa shape index (κ3) is 4.98. The van der Waals surface area contributed by atoms with Gasteiger partial charge in [0.15, 0.2) is 0 Å². The Hall–Kier alpha value is -2.40. The van der Waals surface area contributed by atoms with Crippen molar-refractivity contribution in [2.75, 3.05) is 0 Å². The molecule has 0 saturated carbocycles. The molecule has 5 rings (SSSR count). The summed E-state index contributed by atoms with van der Waals surface area (Å²) in [5, 5.41) is 11.4. The zero-order valence-corrected chi connectivity index (χ0v) is 22.7. The fourth-order valence-electron chi connectivity index (χ4n) is 3.71. The first-order valence-electron chi connectivity index (χ1n) is 9.86. The van der Waals surface area contributed by atoms with Crippen LogP contribution in [0.3, 0.4) is 0 Å². The van der Waals surface area contributed by atoms with Crippen molar-refractivity contribution in [2.24, 2.45) is 0 Å². The van der Waals surface area contributed by atoms with Crippen LogP contribution >= 0.6 is 0 Å². The average Bonchev–Trinajstić information content (AvgIpc) is 2.80. The van der Waals surface area contributed by atoms with Crippen LogP contribution in [-0.4, -0.2) is 44.1 Å². The normalized spacial score (nSPS) is 12.8. The summed E-state index contributed by atoms with van der Waals surface area (Å²) in [6, 6.07) is 27.7. The van der Waals surface area contributed by atoms with Gasteiger partial charge in [0.2, 0.25) is 0 Å². The van der Waals surface area contributed by atoms with Gasteiger partial charge in [0, 0.05) is 26.3 Å². The summed E-state index contributed by atoms with van der Waals surface area (Å²) in [4.78, 5) is 18.3. The molecule has 2 aromatic heterocycles. The number of fused-ring (bicyclic) bond motifs is 2. The molecule has 0 fully saturated rings. The summed E-state index contributed by atoms with van der Waals surface area (Å²) in [6.07, 6.45) is 3.32. The Labute approximate surface area is 208 Å². The maximum absolute atomic E-state index is 10.1. The number of hydrogen-bond donors (Lipinski definition) is 1. The predicted molar refractivity (Wildman–Crippen MR) is 128 cm³/mol. The molecule has 0 atom stereocenters. The Morgan fingerprint density at radius 1 is 0.906 bits per heavy atom. The van der Waals surface area contributed by atoms with Crippen molar-refractivity contribution in [1.29, 1.82) is 0 Å². The van der Waals surface area contributed by atoms with E-state index in [-0.39, 0.29) is 25.8 Å². The molecule has 32 heavy (non-hydrogen) atoms. The number of nitrogens with zero attached hydrogens (tertiary/aromatic N) is 2. The van der Waals surface area contributed by atoms with E-state index in [9.17, 15) is 4.79 Å². The van der Waals surface area contributed by atoms with Gasteiger partial charge in [-0.3, -0.25) is 0 Å². The Bertz CT molecular complexity index is 1220. The number of carboxylic acid groups (broad SMARTS) is 1. The third-order valence-corrected chi connectivity index (χ3v) is 11.9. The Morgan fingerprint density at radius 3 is 2.22 bits per heavy atom. The fourth-order valence-corrected chi connectivity index (χ4v) is 12.4. The number of aromatic carboxylic acids is 1. The molecule has 7 heteroatoms. The van der Waals surface area contributed by atoms with E-state index in [1.165, 1.54) is 27.5 Å². The molecule has 163 valence electrons. The largest absolute Gasteiger partial charge is 0.477 e. The SMILES string of the molecule is C[Si]1(C)c2ccccc2[Se]c2cc[c-]c(-c3ccccn3)c21.O=C(O)c1ccccn1.[Ir]. The van der Waals surface area contributed by atoms with Gasteiger partial charge < -0.3 is 5.11 Å². The van der Waals surface area contributed by atoms with Gasteiger partial charge in [-0.15, -0.1) is 0 Å². The second kappa shape index (κ2) is 10.5. The molecule has 1 aliphatic rings. The van der Waals surface area contributed by atoms with E-state index in [1.807, 2.05) is 12.3 Å². The van der Waals surface area contributed by atoms with E-state index >= 15 is 0 Å². The van der Waals surface area contributed by atoms with Crippen LogP contribution in [0.5, 0.6) is 0 Å². The zero-order chi connectivity index (χ0) is 21.8. The third-order valence-electron chi connectivity index (χ3n) is 5.17. The number of pyridine rings is 2. The van der Waals surface area contributed by atoms with E-state index < -0.39 is 14.0 Å². The van der Waals surface area contributed by atoms with Crippen LogP contribution in [0.4, 0.5) is 0 Å². The molecule has 1 aliphatic heterocycles. The molecule has 0 amide bonds. The molecule has 0 unspecified atom stereocenters. The van der Waals surface area contributed by atoms with Crippen molar-refractivity contribution >= 4 is 48.3 Å². The molecule has 4 aromatic rings. The fraction of sp³-hybridized carbons (Fsp3) is 0.0800. The van der Waals surface area contributed by atoms with E-state index in [4.69, 9.17) is 5.11 Å². The molecule has 0 spiro atoms. The monoisotopic (exact) mass is 682 g/mol. The molecule has 2 aromatic carbocycles. The van der Waals surface area contributed by atoms with Gasteiger partial charge >= 0.3 is 144 Å². The topological polar surface area (TPSA) is 63.1 Å². The molecule has 1 radical (unpaired) electrons. The standard InChI is InChI=1S/C19H16NSeSi.C6H5NO2.Ir/c1-22(2)18-12-4-3-10-16(18)21-17-11-7-8-14(19(17)22)15-9-5-6-13-20-15;8-6(9)5-3-1-2-4-7-5;/h3-7,9-13H,1-2H3;1-4H,(H,8,9);/q-1;;. The van der Waals surface area contributed by atoms with Gasteiger partial charge in [-0.1, -0.05) is 6.07 Å². The zero-order valence-electron chi connectivity index (χ0n) is 17.6. The molecule has 0 bridgehead atoms. The smallest absolute Gasteiger partial charge is 0.354 e. The van der Waals surface area contributed by atoms with Crippen molar-refractivity contribution in [3.8, 4) is 11.3 Å². The van der Waals surface area contributed by atoms with Gasteiger partial charge in [-0.25, -0.2) is 9.78 Å². The quantitative estimate of drug-likeness (QED) is 0.261.